The molecule has 0 spiro atoms. The highest BCUT2D eigenvalue weighted by molar-refractivity contribution is 9.10. The Kier molecular flexibility index (Phi) is 7.63. The molecule has 168 valence electrons. The highest BCUT2D eigenvalue weighted by Crippen LogP contribution is 2.24. The monoisotopic (exact) mass is 500 g/mol. The van der Waals surface area contributed by atoms with E-state index in [1.54, 1.807) is 18.2 Å². The van der Waals surface area contributed by atoms with E-state index < -0.39 is 12.6 Å². The van der Waals surface area contributed by atoms with Crippen molar-refractivity contribution < 1.29 is 14.6 Å². The molecule has 3 aromatic rings. The summed E-state index contributed by atoms with van der Waals surface area (Å²) in [5, 5.41) is 13.9. The normalized spacial score (nSPS) is 11.2. The van der Waals surface area contributed by atoms with Crippen LogP contribution in [0.25, 0.3) is 10.9 Å². The third-order valence-corrected chi connectivity index (χ3v) is 5.30. The summed E-state index contributed by atoms with van der Waals surface area (Å²) >= 11 is 3.40. The Balaban J connectivity index is 2.09. The standard InChI is InChI=1S/C23H25BrN4O4/c1-4-5-6-21-26-19-10-8-16(24)11-18(19)23(31)28(21)25-13-15-7-9-17(27(2)3)12-20(15)32-14-22(29)30/h7-13H,4-6,14H2,1-3H3,(H,29,30). The number of nitrogens with zero attached hydrogens (tertiary/aromatic N) is 4. The topological polar surface area (TPSA) is 97.0 Å². The van der Waals surface area contributed by atoms with E-state index in [1.165, 1.54) is 10.9 Å². The van der Waals surface area contributed by atoms with Gasteiger partial charge in [-0.2, -0.15) is 9.78 Å². The van der Waals surface area contributed by atoms with E-state index in [0.717, 1.165) is 23.0 Å². The van der Waals surface area contributed by atoms with Gasteiger partial charge in [0.25, 0.3) is 5.56 Å². The molecule has 0 fully saturated rings. The molecule has 0 radical (unpaired) electrons. The maximum absolute atomic E-state index is 13.2. The number of unbranched alkanes of at least 4 members (excludes halogenated alkanes) is 1. The van der Waals surface area contributed by atoms with Crippen LogP contribution < -0.4 is 15.2 Å². The lowest BCUT2D eigenvalue weighted by molar-refractivity contribution is -0.139. The SMILES string of the molecule is CCCCc1nc2ccc(Br)cc2c(=O)n1N=Cc1ccc(N(C)C)cc1OCC(=O)O. The summed E-state index contributed by atoms with van der Waals surface area (Å²) in [6.07, 6.45) is 3.93. The van der Waals surface area contributed by atoms with E-state index in [1.807, 2.05) is 37.2 Å². The van der Waals surface area contributed by atoms with Gasteiger partial charge in [-0.1, -0.05) is 29.3 Å². The zero-order chi connectivity index (χ0) is 23.3. The zero-order valence-corrected chi connectivity index (χ0v) is 19.8. The lowest BCUT2D eigenvalue weighted by atomic mass is 10.2. The van der Waals surface area contributed by atoms with Gasteiger partial charge in [-0.15, -0.1) is 0 Å². The summed E-state index contributed by atoms with van der Waals surface area (Å²) < 4.78 is 7.56. The van der Waals surface area contributed by atoms with Crippen LogP contribution in [-0.2, 0) is 11.2 Å². The summed E-state index contributed by atoms with van der Waals surface area (Å²) in [6.45, 7) is 1.59. The van der Waals surface area contributed by atoms with Gasteiger partial charge in [0, 0.05) is 42.3 Å². The number of carboxylic acid groups (broad SMARTS) is 1. The number of fused-ring (bicyclic) bond motifs is 1. The summed E-state index contributed by atoms with van der Waals surface area (Å²) in [6, 6.07) is 10.8. The van der Waals surface area contributed by atoms with Crippen LogP contribution >= 0.6 is 15.9 Å². The Morgan fingerprint density at radius 2 is 2.06 bits per heavy atom. The molecule has 0 bridgehead atoms. The van der Waals surface area contributed by atoms with Crippen molar-refractivity contribution in [1.29, 1.82) is 0 Å². The lowest BCUT2D eigenvalue weighted by Gasteiger charge is -2.15. The van der Waals surface area contributed by atoms with Gasteiger partial charge in [0.2, 0.25) is 0 Å². The van der Waals surface area contributed by atoms with Crippen LogP contribution in [0.5, 0.6) is 5.75 Å². The first-order valence-electron chi connectivity index (χ1n) is 10.2. The van der Waals surface area contributed by atoms with Gasteiger partial charge < -0.3 is 14.7 Å². The molecule has 3 rings (SSSR count). The van der Waals surface area contributed by atoms with Crippen molar-refractivity contribution in [2.45, 2.75) is 26.2 Å². The number of benzene rings is 2. The second-order valence-corrected chi connectivity index (χ2v) is 8.37. The number of anilines is 1. The second kappa shape index (κ2) is 10.4. The van der Waals surface area contributed by atoms with Crippen molar-refractivity contribution >= 4 is 44.7 Å². The molecule has 0 aliphatic rings. The molecule has 9 heteroatoms. The molecular weight excluding hydrogens is 476 g/mol. The smallest absolute Gasteiger partial charge is 0.341 e. The molecule has 0 atom stereocenters. The predicted molar refractivity (Wildman–Crippen MR) is 129 cm³/mol. The average molecular weight is 501 g/mol. The Hall–Kier alpha value is -3.20. The minimum atomic E-state index is -1.08. The lowest BCUT2D eigenvalue weighted by Crippen LogP contribution is -2.22. The number of ether oxygens (including phenoxy) is 1. The molecule has 0 aliphatic heterocycles. The molecule has 1 N–H and O–H groups in total. The predicted octanol–water partition coefficient (Wildman–Crippen LogP) is 3.91. The second-order valence-electron chi connectivity index (χ2n) is 7.45. The van der Waals surface area contributed by atoms with Gasteiger partial charge in [-0.3, -0.25) is 4.79 Å². The van der Waals surface area contributed by atoms with Gasteiger partial charge in [-0.05, 0) is 36.8 Å². The van der Waals surface area contributed by atoms with E-state index in [-0.39, 0.29) is 5.56 Å². The van der Waals surface area contributed by atoms with Crippen molar-refractivity contribution in [1.82, 2.24) is 9.66 Å². The Morgan fingerprint density at radius 3 is 2.75 bits per heavy atom. The number of aryl methyl sites for hydroxylation is 1. The first-order valence-corrected chi connectivity index (χ1v) is 11.0. The molecule has 0 unspecified atom stereocenters. The van der Waals surface area contributed by atoms with Crippen LogP contribution in [0.15, 0.2) is 50.8 Å². The minimum absolute atomic E-state index is 0.267. The number of aliphatic carboxylic acids is 1. The third-order valence-electron chi connectivity index (χ3n) is 4.81. The number of halogens is 1. The molecule has 8 nitrogen and oxygen atoms in total. The van der Waals surface area contributed by atoms with E-state index in [9.17, 15) is 9.59 Å². The van der Waals surface area contributed by atoms with Crippen molar-refractivity contribution in [3.8, 4) is 5.75 Å². The molecule has 0 saturated carbocycles. The Bertz CT molecular complexity index is 1220. The Labute approximate surface area is 194 Å². The van der Waals surface area contributed by atoms with E-state index in [4.69, 9.17) is 9.84 Å². The molecular formula is C23H25BrN4O4. The van der Waals surface area contributed by atoms with E-state index in [2.05, 4.69) is 32.9 Å². The molecule has 1 heterocycles. The first kappa shape index (κ1) is 23.5. The fourth-order valence-corrected chi connectivity index (χ4v) is 3.46. The van der Waals surface area contributed by atoms with Gasteiger partial charge in [0.1, 0.15) is 11.6 Å². The van der Waals surface area contributed by atoms with Crippen LogP contribution in [0.3, 0.4) is 0 Å². The molecule has 1 aromatic heterocycles. The fraction of sp³-hybridized carbons (Fsp3) is 0.304. The van der Waals surface area contributed by atoms with Crippen LogP contribution in [-0.4, -0.2) is 47.7 Å². The molecule has 0 saturated heterocycles. The number of carboxylic acids is 1. The van der Waals surface area contributed by atoms with Crippen LogP contribution in [0.4, 0.5) is 5.69 Å². The van der Waals surface area contributed by atoms with Gasteiger partial charge in [-0.25, -0.2) is 9.78 Å². The summed E-state index contributed by atoms with van der Waals surface area (Å²) in [5.74, 6) is -0.145. The molecule has 0 amide bonds. The van der Waals surface area contributed by atoms with Crippen LogP contribution in [0, 0.1) is 0 Å². The van der Waals surface area contributed by atoms with Crippen molar-refractivity contribution in [2.24, 2.45) is 5.10 Å². The maximum atomic E-state index is 13.2. The largest absolute Gasteiger partial charge is 0.481 e. The summed E-state index contributed by atoms with van der Waals surface area (Å²) in [4.78, 5) is 30.7. The maximum Gasteiger partial charge on any atom is 0.341 e. The third kappa shape index (κ3) is 5.53. The minimum Gasteiger partial charge on any atom is -0.481 e. The number of aromatic nitrogens is 2. The zero-order valence-electron chi connectivity index (χ0n) is 18.2. The van der Waals surface area contributed by atoms with Crippen LogP contribution in [0.1, 0.15) is 31.2 Å². The number of carbonyl (C=O) groups is 1. The summed E-state index contributed by atoms with van der Waals surface area (Å²) in [7, 11) is 3.75. The number of hydrogen-bond acceptors (Lipinski definition) is 6. The quantitative estimate of drug-likeness (QED) is 0.447. The number of hydrogen-bond donors (Lipinski definition) is 1. The average Bonchev–Trinajstić information content (AvgIpc) is 2.76. The van der Waals surface area contributed by atoms with E-state index in [0.29, 0.717) is 34.5 Å². The van der Waals surface area contributed by atoms with E-state index >= 15 is 0 Å². The summed E-state index contributed by atoms with van der Waals surface area (Å²) in [5.41, 5.74) is 1.76. The highest BCUT2D eigenvalue weighted by Gasteiger charge is 2.12. The van der Waals surface area contributed by atoms with Gasteiger partial charge in [0.15, 0.2) is 6.61 Å². The molecule has 32 heavy (non-hydrogen) atoms. The first-order chi connectivity index (χ1) is 15.3. The van der Waals surface area contributed by atoms with Gasteiger partial charge >= 0.3 is 5.97 Å². The van der Waals surface area contributed by atoms with Crippen LogP contribution in [0.2, 0.25) is 0 Å². The number of rotatable bonds is 9. The van der Waals surface area contributed by atoms with Crippen molar-refractivity contribution in [3.63, 3.8) is 0 Å². The molecule has 2 aromatic carbocycles. The van der Waals surface area contributed by atoms with Crippen molar-refractivity contribution in [3.05, 3.63) is 62.6 Å². The fourth-order valence-electron chi connectivity index (χ4n) is 3.10. The van der Waals surface area contributed by atoms with Crippen molar-refractivity contribution in [2.75, 3.05) is 25.6 Å². The Morgan fingerprint density at radius 1 is 1.28 bits per heavy atom. The highest BCUT2D eigenvalue weighted by atomic mass is 79.9. The molecule has 0 aliphatic carbocycles. The van der Waals surface area contributed by atoms with Gasteiger partial charge in [0.05, 0.1) is 17.1 Å².